The van der Waals surface area contributed by atoms with E-state index in [1.54, 1.807) is 11.1 Å². The van der Waals surface area contributed by atoms with Crippen LogP contribution in [0.1, 0.15) is 192 Å². The molecule has 51 heavy (non-hydrogen) atoms. The summed E-state index contributed by atoms with van der Waals surface area (Å²) in [6, 6.07) is 21.5. The molecule has 0 saturated carbocycles. The first kappa shape index (κ1) is 41.7. The molecule has 3 atom stereocenters. The summed E-state index contributed by atoms with van der Waals surface area (Å²) < 4.78 is 5.96. The predicted octanol–water partition coefficient (Wildman–Crippen LogP) is 14.1. The Morgan fingerprint density at radius 2 is 0.961 bits per heavy atom. The number of nitrogens with one attached hydrogen (secondary N) is 1. The summed E-state index contributed by atoms with van der Waals surface area (Å²) in [5.74, 6) is 1.18. The zero-order valence-corrected chi connectivity index (χ0v) is 36.7. The normalized spacial score (nSPS) is 20.5. The third-order valence-corrected chi connectivity index (χ3v) is 12.4. The largest absolute Gasteiger partial charge is 0.368 e. The van der Waals surface area contributed by atoms with E-state index < -0.39 is 0 Å². The fourth-order valence-corrected chi connectivity index (χ4v) is 8.97. The Labute approximate surface area is 318 Å². The van der Waals surface area contributed by atoms with E-state index in [1.165, 1.54) is 44.7 Å². The van der Waals surface area contributed by atoms with Crippen LogP contribution in [-0.2, 0) is 39.9 Å². The van der Waals surface area contributed by atoms with Crippen LogP contribution >= 0.6 is 11.8 Å². The molecule has 0 amide bonds. The number of hydrogen-bond donors (Lipinski definition) is 1. The standard InChI is InChI=1S/C16H25N.C16H24O.C16H24S/c3*1-15(2,3)12-7-8-13-11(9-12)10-17-14(13)16(4,5)6/h7-9,14,17H,10H2,1-6H3;2*7-9,14H,10H2,1-6H3. The molecule has 0 fully saturated rings. The lowest BCUT2D eigenvalue weighted by atomic mass is 9.80. The maximum Gasteiger partial charge on any atom is 0.0881 e. The van der Waals surface area contributed by atoms with Crippen molar-refractivity contribution in [2.24, 2.45) is 16.2 Å². The molecule has 2 nitrogen and oxygen atoms in total. The van der Waals surface area contributed by atoms with Gasteiger partial charge in [0.15, 0.2) is 0 Å². The number of ether oxygens (including phenoxy) is 1. The quantitative estimate of drug-likeness (QED) is 0.251. The van der Waals surface area contributed by atoms with Crippen molar-refractivity contribution < 1.29 is 4.74 Å². The van der Waals surface area contributed by atoms with Gasteiger partial charge in [0.1, 0.15) is 0 Å². The summed E-state index contributed by atoms with van der Waals surface area (Å²) in [6.45, 7) is 42.9. The molecule has 3 aliphatic heterocycles. The first-order valence-corrected chi connectivity index (χ1v) is 20.5. The first-order valence-electron chi connectivity index (χ1n) is 19.4. The highest BCUT2D eigenvalue weighted by molar-refractivity contribution is 7.99. The molecule has 0 spiro atoms. The molecule has 3 aromatic carbocycles. The molecule has 0 aliphatic carbocycles. The fraction of sp³-hybridized carbons (Fsp3) is 0.625. The van der Waals surface area contributed by atoms with Gasteiger partial charge in [-0.1, -0.05) is 179 Å². The van der Waals surface area contributed by atoms with E-state index in [-0.39, 0.29) is 33.2 Å². The summed E-state index contributed by atoms with van der Waals surface area (Å²) in [4.78, 5) is 0. The van der Waals surface area contributed by atoms with Gasteiger partial charge in [-0.05, 0) is 82.6 Å². The summed E-state index contributed by atoms with van der Waals surface area (Å²) in [5.41, 5.74) is 14.7. The van der Waals surface area contributed by atoms with Gasteiger partial charge in [-0.2, -0.15) is 0 Å². The van der Waals surface area contributed by atoms with Gasteiger partial charge >= 0.3 is 0 Å². The van der Waals surface area contributed by atoms with Crippen molar-refractivity contribution in [1.82, 2.24) is 5.32 Å². The second-order valence-corrected chi connectivity index (χ2v) is 22.9. The lowest BCUT2D eigenvalue weighted by Crippen LogP contribution is -2.26. The zero-order chi connectivity index (χ0) is 38.5. The second kappa shape index (κ2) is 14.6. The van der Waals surface area contributed by atoms with E-state index in [4.69, 9.17) is 4.74 Å². The molecule has 3 heteroatoms. The lowest BCUT2D eigenvalue weighted by Gasteiger charge is -2.28. The van der Waals surface area contributed by atoms with Gasteiger partial charge in [-0.15, -0.1) is 11.8 Å². The minimum atomic E-state index is 0.175. The Morgan fingerprint density at radius 3 is 1.41 bits per heavy atom. The molecule has 1 N–H and O–H groups in total. The van der Waals surface area contributed by atoms with E-state index in [1.807, 2.05) is 0 Å². The molecule has 3 aromatic rings. The Balaban J connectivity index is 0.000000172. The fourth-order valence-electron chi connectivity index (χ4n) is 7.47. The van der Waals surface area contributed by atoms with Crippen molar-refractivity contribution >= 4 is 11.8 Å². The van der Waals surface area contributed by atoms with Crippen LogP contribution in [0.25, 0.3) is 0 Å². The van der Waals surface area contributed by atoms with E-state index in [9.17, 15) is 0 Å². The number of thioether (sulfide) groups is 1. The average Bonchev–Trinajstić information content (AvgIpc) is 3.71. The van der Waals surface area contributed by atoms with Gasteiger partial charge < -0.3 is 10.1 Å². The first-order chi connectivity index (χ1) is 23.1. The Kier molecular flexibility index (Phi) is 12.0. The van der Waals surface area contributed by atoms with Crippen LogP contribution in [0.3, 0.4) is 0 Å². The van der Waals surface area contributed by atoms with Crippen LogP contribution in [0.4, 0.5) is 0 Å². The minimum Gasteiger partial charge on any atom is -0.368 e. The lowest BCUT2D eigenvalue weighted by molar-refractivity contribution is -0.00789. The monoisotopic (exact) mass is 712 g/mol. The number of fused-ring (bicyclic) bond motifs is 3. The highest BCUT2D eigenvalue weighted by atomic mass is 32.2. The third kappa shape index (κ3) is 10.1. The van der Waals surface area contributed by atoms with Crippen molar-refractivity contribution in [3.8, 4) is 0 Å². The van der Waals surface area contributed by atoms with Gasteiger partial charge in [0, 0.05) is 23.6 Å². The number of benzene rings is 3. The minimum absolute atomic E-state index is 0.175. The second-order valence-electron chi connectivity index (χ2n) is 21.8. The summed E-state index contributed by atoms with van der Waals surface area (Å²) in [7, 11) is 0. The highest BCUT2D eigenvalue weighted by Crippen LogP contribution is 2.52. The maximum atomic E-state index is 5.96. The van der Waals surface area contributed by atoms with Crippen molar-refractivity contribution in [2.45, 2.75) is 177 Å². The molecule has 0 bridgehead atoms. The predicted molar refractivity (Wildman–Crippen MR) is 225 cm³/mol. The molecule has 0 aromatic heterocycles. The van der Waals surface area contributed by atoms with Crippen LogP contribution in [0.2, 0.25) is 0 Å². The molecule has 6 rings (SSSR count). The van der Waals surface area contributed by atoms with E-state index >= 15 is 0 Å². The Morgan fingerprint density at radius 1 is 0.510 bits per heavy atom. The van der Waals surface area contributed by atoms with Gasteiger partial charge in [-0.3, -0.25) is 0 Å². The van der Waals surface area contributed by atoms with Gasteiger partial charge in [-0.25, -0.2) is 0 Å². The molecule has 0 saturated heterocycles. The molecule has 3 heterocycles. The average molecular weight is 712 g/mol. The van der Waals surface area contributed by atoms with Gasteiger partial charge in [0.25, 0.3) is 0 Å². The Bertz CT molecular complexity index is 1460. The van der Waals surface area contributed by atoms with Crippen molar-refractivity contribution in [3.63, 3.8) is 0 Å². The van der Waals surface area contributed by atoms with E-state index in [2.05, 4.69) is 196 Å². The molecule has 0 radical (unpaired) electrons. The van der Waals surface area contributed by atoms with E-state index in [0.717, 1.165) is 13.2 Å². The van der Waals surface area contributed by atoms with Crippen LogP contribution in [0.5, 0.6) is 0 Å². The van der Waals surface area contributed by atoms with Crippen LogP contribution in [-0.4, -0.2) is 0 Å². The molecular weight excluding hydrogens is 639 g/mol. The van der Waals surface area contributed by atoms with Gasteiger partial charge in [0.05, 0.1) is 12.7 Å². The molecule has 282 valence electrons. The Hall–Kier alpha value is -2.07. The molecular formula is C48H73NOS. The topological polar surface area (TPSA) is 21.3 Å². The van der Waals surface area contributed by atoms with Crippen LogP contribution in [0.15, 0.2) is 54.6 Å². The maximum absolute atomic E-state index is 5.96. The van der Waals surface area contributed by atoms with Gasteiger partial charge in [0.2, 0.25) is 0 Å². The summed E-state index contributed by atoms with van der Waals surface area (Å²) >= 11 is 2.10. The summed E-state index contributed by atoms with van der Waals surface area (Å²) in [5, 5.41) is 4.30. The number of rotatable bonds is 0. The molecule has 3 aliphatic rings. The smallest absolute Gasteiger partial charge is 0.0881 e. The number of hydrogen-bond acceptors (Lipinski definition) is 3. The van der Waals surface area contributed by atoms with Crippen molar-refractivity contribution in [1.29, 1.82) is 0 Å². The highest BCUT2D eigenvalue weighted by Gasteiger charge is 2.35. The summed E-state index contributed by atoms with van der Waals surface area (Å²) in [6.07, 6.45) is 0.242. The molecule has 3 unspecified atom stereocenters. The van der Waals surface area contributed by atoms with Crippen molar-refractivity contribution in [2.75, 3.05) is 0 Å². The third-order valence-electron chi connectivity index (χ3n) is 10.6. The zero-order valence-electron chi connectivity index (χ0n) is 35.9. The SMILES string of the molecule is CC(C)(C)c1ccc2c(c1)CNC2C(C)(C)C.CC(C)(C)c1ccc2c(c1)COC2C(C)(C)C.CC(C)(C)c1ccc2c(c1)CSC2C(C)(C)C. The van der Waals surface area contributed by atoms with Crippen LogP contribution in [0, 0.1) is 16.2 Å². The van der Waals surface area contributed by atoms with E-state index in [0.29, 0.717) is 16.7 Å². The van der Waals surface area contributed by atoms with Crippen LogP contribution < -0.4 is 5.32 Å². The van der Waals surface area contributed by atoms with Crippen molar-refractivity contribution in [3.05, 3.63) is 105 Å².